The molecular formula is C7H4BrNOS2. The summed E-state index contributed by atoms with van der Waals surface area (Å²) in [6.07, 6.45) is 0. The summed E-state index contributed by atoms with van der Waals surface area (Å²) in [6.45, 7) is 0. The van der Waals surface area contributed by atoms with Gasteiger partial charge in [-0.05, 0) is 39.8 Å². The van der Waals surface area contributed by atoms with E-state index in [1.165, 1.54) is 11.3 Å². The number of rotatable bonds is 3. The van der Waals surface area contributed by atoms with Crippen LogP contribution in [-0.4, -0.2) is 11.5 Å². The molecule has 0 N–H and O–H groups in total. The first-order chi connectivity index (χ1) is 5.74. The number of halogens is 1. The lowest BCUT2D eigenvalue weighted by molar-refractivity contribution is 0.102. The van der Waals surface area contributed by atoms with Gasteiger partial charge in [-0.3, -0.25) is 4.79 Å². The van der Waals surface area contributed by atoms with Gasteiger partial charge in [0, 0.05) is 0 Å². The quantitative estimate of drug-likeness (QED) is 0.621. The maximum atomic E-state index is 11.2. The summed E-state index contributed by atoms with van der Waals surface area (Å²) in [6, 6.07) is 3.59. The maximum Gasteiger partial charge on any atom is 0.183 e. The van der Waals surface area contributed by atoms with Gasteiger partial charge in [-0.25, -0.2) is 0 Å². The fourth-order valence-corrected chi connectivity index (χ4v) is 2.40. The molecule has 0 aromatic carbocycles. The van der Waals surface area contributed by atoms with Crippen LogP contribution in [0.2, 0.25) is 0 Å². The second-order valence-corrected chi connectivity index (χ2v) is 5.13. The highest BCUT2D eigenvalue weighted by Gasteiger charge is 2.07. The number of hydrogen-bond acceptors (Lipinski definition) is 4. The monoisotopic (exact) mass is 261 g/mol. The first-order valence-electron chi connectivity index (χ1n) is 3.03. The van der Waals surface area contributed by atoms with Crippen LogP contribution in [-0.2, 0) is 0 Å². The van der Waals surface area contributed by atoms with E-state index in [0.717, 1.165) is 15.5 Å². The van der Waals surface area contributed by atoms with E-state index in [2.05, 4.69) is 15.9 Å². The molecule has 0 saturated carbocycles. The number of ketones is 1. The number of thioether (sulfide) groups is 1. The van der Waals surface area contributed by atoms with E-state index >= 15 is 0 Å². The van der Waals surface area contributed by atoms with Crippen molar-refractivity contribution in [1.29, 1.82) is 5.26 Å². The number of hydrogen-bond donors (Lipinski definition) is 0. The molecule has 5 heteroatoms. The number of Topliss-reactive ketones (excluding diaryl/α,β-unsaturated/α-hetero) is 1. The largest absolute Gasteiger partial charge is 0.292 e. The smallest absolute Gasteiger partial charge is 0.183 e. The van der Waals surface area contributed by atoms with Crippen LogP contribution in [0.5, 0.6) is 0 Å². The van der Waals surface area contributed by atoms with E-state index in [1.54, 1.807) is 6.07 Å². The molecule has 0 fully saturated rings. The van der Waals surface area contributed by atoms with Crippen LogP contribution in [0.4, 0.5) is 0 Å². The van der Waals surface area contributed by atoms with Gasteiger partial charge in [-0.15, -0.1) is 11.3 Å². The molecule has 0 bridgehead atoms. The predicted molar refractivity (Wildman–Crippen MR) is 54.4 cm³/mol. The van der Waals surface area contributed by atoms with Crippen LogP contribution >= 0.6 is 39.0 Å². The molecule has 0 aliphatic rings. The lowest BCUT2D eigenvalue weighted by Gasteiger charge is -1.89. The zero-order valence-electron chi connectivity index (χ0n) is 5.91. The maximum absolute atomic E-state index is 11.2. The Bertz CT molecular complexity index is 328. The summed E-state index contributed by atoms with van der Waals surface area (Å²) in [5.74, 6) is 0.251. The normalized spacial score (nSPS) is 9.33. The Balaban J connectivity index is 2.61. The van der Waals surface area contributed by atoms with Gasteiger partial charge in [0.15, 0.2) is 5.78 Å². The van der Waals surface area contributed by atoms with Crippen molar-refractivity contribution >= 4 is 44.8 Å². The molecule has 0 amide bonds. The van der Waals surface area contributed by atoms with Gasteiger partial charge in [0.1, 0.15) is 5.40 Å². The average Bonchev–Trinajstić information content (AvgIpc) is 2.47. The van der Waals surface area contributed by atoms with Gasteiger partial charge in [-0.2, -0.15) is 5.26 Å². The van der Waals surface area contributed by atoms with Gasteiger partial charge in [0.25, 0.3) is 0 Å². The molecule has 0 radical (unpaired) electrons. The SMILES string of the molecule is N#CSCC(=O)c1ccc(Br)s1. The number of carbonyl (C=O) groups is 1. The van der Waals surface area contributed by atoms with Gasteiger partial charge in [0.05, 0.1) is 14.4 Å². The minimum Gasteiger partial charge on any atom is -0.292 e. The number of thiocyanates is 1. The van der Waals surface area contributed by atoms with E-state index in [4.69, 9.17) is 5.26 Å². The van der Waals surface area contributed by atoms with Crippen LogP contribution in [0.15, 0.2) is 15.9 Å². The molecule has 0 aliphatic carbocycles. The second-order valence-electron chi connectivity index (χ2n) is 1.91. The first kappa shape index (κ1) is 9.78. The number of nitrogens with zero attached hydrogens (tertiary/aromatic N) is 1. The number of nitriles is 1. The Labute approximate surface area is 86.7 Å². The van der Waals surface area contributed by atoms with Crippen LogP contribution in [0.3, 0.4) is 0 Å². The molecule has 62 valence electrons. The summed E-state index contributed by atoms with van der Waals surface area (Å²) in [7, 11) is 0. The van der Waals surface area contributed by atoms with Crippen molar-refractivity contribution in [3.8, 4) is 5.40 Å². The molecule has 2 nitrogen and oxygen atoms in total. The molecule has 0 spiro atoms. The van der Waals surface area contributed by atoms with Crippen LogP contribution in [0.25, 0.3) is 0 Å². The molecule has 1 aromatic heterocycles. The third-order valence-electron chi connectivity index (χ3n) is 1.12. The van der Waals surface area contributed by atoms with Gasteiger partial charge in [-0.1, -0.05) is 0 Å². The van der Waals surface area contributed by atoms with Gasteiger partial charge < -0.3 is 0 Å². The average molecular weight is 262 g/mol. The fourth-order valence-electron chi connectivity index (χ4n) is 0.633. The number of thiophene rings is 1. The first-order valence-corrected chi connectivity index (χ1v) is 5.63. The van der Waals surface area contributed by atoms with Gasteiger partial charge >= 0.3 is 0 Å². The molecule has 1 aromatic rings. The van der Waals surface area contributed by atoms with Crippen LogP contribution < -0.4 is 0 Å². The van der Waals surface area contributed by atoms with Crippen molar-refractivity contribution < 1.29 is 4.79 Å². The Morgan fingerprint density at radius 1 is 1.75 bits per heavy atom. The molecule has 0 atom stereocenters. The van der Waals surface area contributed by atoms with Crippen molar-refractivity contribution in [2.45, 2.75) is 0 Å². The highest BCUT2D eigenvalue weighted by atomic mass is 79.9. The summed E-state index contributed by atoms with van der Waals surface area (Å²) < 4.78 is 0.938. The zero-order valence-corrected chi connectivity index (χ0v) is 9.13. The molecular weight excluding hydrogens is 258 g/mol. The standard InChI is InChI=1S/C7H4BrNOS2/c8-7-2-1-6(12-7)5(10)3-11-4-9/h1-2H,3H2. The Morgan fingerprint density at radius 3 is 3.00 bits per heavy atom. The lowest BCUT2D eigenvalue weighted by atomic mass is 10.4. The van der Waals surface area contributed by atoms with E-state index < -0.39 is 0 Å². The minimum atomic E-state index is 0.0113. The van der Waals surface area contributed by atoms with E-state index in [1.807, 2.05) is 11.5 Å². The van der Waals surface area contributed by atoms with Crippen LogP contribution in [0.1, 0.15) is 9.67 Å². The van der Waals surface area contributed by atoms with Crippen LogP contribution in [0, 0.1) is 10.7 Å². The highest BCUT2D eigenvalue weighted by Crippen LogP contribution is 2.23. The third-order valence-corrected chi connectivity index (χ3v) is 3.32. The molecule has 0 unspecified atom stereocenters. The van der Waals surface area contributed by atoms with Crippen molar-refractivity contribution in [2.75, 3.05) is 5.75 Å². The van der Waals surface area contributed by atoms with Crippen molar-refractivity contribution in [3.63, 3.8) is 0 Å². The van der Waals surface area contributed by atoms with Crippen molar-refractivity contribution in [2.24, 2.45) is 0 Å². The molecule has 1 rings (SSSR count). The third kappa shape index (κ3) is 2.63. The number of carbonyl (C=O) groups excluding carboxylic acids is 1. The zero-order chi connectivity index (χ0) is 8.97. The second kappa shape index (κ2) is 4.65. The fraction of sp³-hybridized carbons (Fsp3) is 0.143. The van der Waals surface area contributed by atoms with E-state index in [-0.39, 0.29) is 11.5 Å². The Hall–Kier alpha value is -0.310. The Kier molecular flexibility index (Phi) is 3.79. The van der Waals surface area contributed by atoms with Crippen molar-refractivity contribution in [1.82, 2.24) is 0 Å². The summed E-state index contributed by atoms with van der Waals surface area (Å²) in [5, 5.41) is 10.1. The Morgan fingerprint density at radius 2 is 2.50 bits per heavy atom. The predicted octanol–water partition coefficient (Wildman–Crippen LogP) is 2.91. The van der Waals surface area contributed by atoms with E-state index in [0.29, 0.717) is 4.88 Å². The highest BCUT2D eigenvalue weighted by molar-refractivity contribution is 9.11. The lowest BCUT2D eigenvalue weighted by Crippen LogP contribution is -1.97. The summed E-state index contributed by atoms with van der Waals surface area (Å²) in [5.41, 5.74) is 0. The van der Waals surface area contributed by atoms with Gasteiger partial charge in [0.2, 0.25) is 0 Å². The molecule has 0 aliphatic heterocycles. The van der Waals surface area contributed by atoms with E-state index in [9.17, 15) is 4.79 Å². The summed E-state index contributed by atoms with van der Waals surface area (Å²) >= 11 is 5.62. The van der Waals surface area contributed by atoms with Crippen molar-refractivity contribution in [3.05, 3.63) is 20.8 Å². The molecule has 12 heavy (non-hydrogen) atoms. The summed E-state index contributed by atoms with van der Waals surface area (Å²) in [4.78, 5) is 11.9. The molecule has 0 saturated heterocycles. The minimum absolute atomic E-state index is 0.0113. The molecule has 1 heterocycles. The topological polar surface area (TPSA) is 40.9 Å².